The average Bonchev–Trinajstić information content (AvgIpc) is 3.37. The monoisotopic (exact) mass is 344 g/mol. The van der Waals surface area contributed by atoms with Crippen LogP contribution in [-0.4, -0.2) is 23.7 Å². The fourth-order valence-electron chi connectivity index (χ4n) is 2.69. The van der Waals surface area contributed by atoms with Gasteiger partial charge in [-0.1, -0.05) is 39.0 Å². The fourth-order valence-corrected chi connectivity index (χ4v) is 4.34. The molecule has 1 heterocycles. The average molecular weight is 344 g/mol. The van der Waals surface area contributed by atoms with Crippen molar-refractivity contribution in [2.45, 2.75) is 56.5 Å². The van der Waals surface area contributed by atoms with Crippen molar-refractivity contribution < 1.29 is 8.42 Å². The van der Waals surface area contributed by atoms with Gasteiger partial charge in [-0.25, -0.2) is 8.42 Å². The Morgan fingerprint density at radius 3 is 2.25 bits per heavy atom. The van der Waals surface area contributed by atoms with Crippen molar-refractivity contribution in [3.8, 4) is 0 Å². The molecule has 4 nitrogen and oxygen atoms in total. The van der Waals surface area contributed by atoms with E-state index in [-0.39, 0.29) is 11.5 Å². The molecule has 0 atom stereocenters. The van der Waals surface area contributed by atoms with Crippen LogP contribution in [0.2, 0.25) is 0 Å². The third-order valence-electron chi connectivity index (χ3n) is 4.33. The summed E-state index contributed by atoms with van der Waals surface area (Å²) in [5, 5.41) is 0. The van der Waals surface area contributed by atoms with Crippen molar-refractivity contribution in [1.82, 2.24) is 9.29 Å². The minimum atomic E-state index is -3.50. The molecule has 0 unspecified atom stereocenters. The zero-order valence-corrected chi connectivity index (χ0v) is 15.3. The lowest BCUT2D eigenvalue weighted by atomic mass is 9.87. The first-order valence-corrected chi connectivity index (χ1v) is 9.75. The predicted octanol–water partition coefficient (Wildman–Crippen LogP) is 3.73. The van der Waals surface area contributed by atoms with Crippen molar-refractivity contribution in [3.05, 3.63) is 59.9 Å². The van der Waals surface area contributed by atoms with Crippen molar-refractivity contribution in [3.63, 3.8) is 0 Å². The van der Waals surface area contributed by atoms with E-state index in [1.807, 2.05) is 30.3 Å². The van der Waals surface area contributed by atoms with Crippen LogP contribution >= 0.6 is 0 Å². The van der Waals surface area contributed by atoms with Gasteiger partial charge in [0.1, 0.15) is 0 Å². The van der Waals surface area contributed by atoms with Crippen molar-refractivity contribution in [2.75, 3.05) is 0 Å². The maximum absolute atomic E-state index is 13.1. The molecule has 0 bridgehead atoms. The van der Waals surface area contributed by atoms with Crippen LogP contribution in [0.25, 0.3) is 0 Å². The Kier molecular flexibility index (Phi) is 4.49. The molecular formula is C19H24N2O2S. The molecule has 0 aliphatic heterocycles. The molecule has 0 radical (unpaired) electrons. The molecule has 0 saturated heterocycles. The van der Waals surface area contributed by atoms with Crippen molar-refractivity contribution in [2.24, 2.45) is 0 Å². The lowest BCUT2D eigenvalue weighted by molar-refractivity contribution is 0.394. The lowest BCUT2D eigenvalue weighted by Crippen LogP contribution is -2.33. The molecular weight excluding hydrogens is 320 g/mol. The minimum absolute atomic E-state index is 0.00638. The Morgan fingerprint density at radius 1 is 1.08 bits per heavy atom. The Balaban J connectivity index is 1.89. The highest BCUT2D eigenvalue weighted by Crippen LogP contribution is 2.34. The van der Waals surface area contributed by atoms with E-state index in [1.165, 1.54) is 0 Å². The van der Waals surface area contributed by atoms with E-state index >= 15 is 0 Å². The van der Waals surface area contributed by atoms with Gasteiger partial charge in [0.05, 0.1) is 17.1 Å². The fraction of sp³-hybridized carbons (Fsp3) is 0.421. The minimum Gasteiger partial charge on any atom is -0.260 e. The molecule has 1 aromatic heterocycles. The summed E-state index contributed by atoms with van der Waals surface area (Å²) in [6, 6.07) is 13.0. The number of hydrogen-bond acceptors (Lipinski definition) is 3. The summed E-state index contributed by atoms with van der Waals surface area (Å²) in [4.78, 5) is 4.64. The van der Waals surface area contributed by atoms with Crippen LogP contribution in [0.1, 0.15) is 44.9 Å². The maximum Gasteiger partial charge on any atom is 0.243 e. The number of nitrogens with zero attached hydrogens (tertiary/aromatic N) is 2. The van der Waals surface area contributed by atoms with Crippen LogP contribution < -0.4 is 0 Å². The second-order valence-corrected chi connectivity index (χ2v) is 9.27. The Labute approximate surface area is 144 Å². The van der Waals surface area contributed by atoms with Gasteiger partial charge in [-0.3, -0.25) is 4.98 Å². The predicted molar refractivity (Wildman–Crippen MR) is 95.1 cm³/mol. The maximum atomic E-state index is 13.1. The van der Waals surface area contributed by atoms with E-state index in [9.17, 15) is 8.42 Å². The number of sulfonamides is 1. The number of hydrogen-bond donors (Lipinski definition) is 0. The molecule has 2 aromatic rings. The molecule has 0 amide bonds. The normalized spacial score (nSPS) is 15.7. The smallest absolute Gasteiger partial charge is 0.243 e. The van der Waals surface area contributed by atoms with Gasteiger partial charge in [0.2, 0.25) is 10.0 Å². The molecule has 0 spiro atoms. The summed E-state index contributed by atoms with van der Waals surface area (Å²) >= 11 is 0. The summed E-state index contributed by atoms with van der Waals surface area (Å²) in [6.45, 7) is 6.69. The second kappa shape index (κ2) is 6.30. The van der Waals surface area contributed by atoms with E-state index in [2.05, 4.69) is 25.8 Å². The summed E-state index contributed by atoms with van der Waals surface area (Å²) in [6.07, 6.45) is 3.55. The van der Waals surface area contributed by atoms with Crippen LogP contribution in [0.3, 0.4) is 0 Å². The molecule has 128 valence electrons. The van der Waals surface area contributed by atoms with Gasteiger partial charge in [-0.2, -0.15) is 4.31 Å². The third kappa shape index (κ3) is 3.68. The van der Waals surface area contributed by atoms with Crippen LogP contribution in [0.15, 0.2) is 53.6 Å². The first-order valence-electron chi connectivity index (χ1n) is 8.31. The molecule has 1 aliphatic rings. The Hall–Kier alpha value is -1.72. The summed E-state index contributed by atoms with van der Waals surface area (Å²) in [7, 11) is -3.50. The van der Waals surface area contributed by atoms with E-state index in [1.54, 1.807) is 22.6 Å². The zero-order chi connectivity index (χ0) is 17.4. The van der Waals surface area contributed by atoms with Gasteiger partial charge in [0, 0.05) is 12.2 Å². The molecule has 1 aromatic carbocycles. The van der Waals surface area contributed by atoms with Gasteiger partial charge in [0.15, 0.2) is 0 Å². The number of aromatic nitrogens is 1. The van der Waals surface area contributed by atoms with E-state index in [0.29, 0.717) is 11.4 Å². The largest absolute Gasteiger partial charge is 0.260 e. The molecule has 5 heteroatoms. The summed E-state index contributed by atoms with van der Waals surface area (Å²) in [5.74, 6) is 0. The Morgan fingerprint density at radius 2 is 1.75 bits per heavy atom. The third-order valence-corrected chi connectivity index (χ3v) is 6.24. The van der Waals surface area contributed by atoms with Crippen LogP contribution in [0, 0.1) is 0 Å². The topological polar surface area (TPSA) is 50.3 Å². The van der Waals surface area contributed by atoms with Gasteiger partial charge in [-0.15, -0.1) is 0 Å². The molecule has 1 fully saturated rings. The lowest BCUT2D eigenvalue weighted by Gasteiger charge is -2.23. The molecule has 3 rings (SSSR count). The van der Waals surface area contributed by atoms with Crippen LogP contribution in [-0.2, 0) is 22.0 Å². The van der Waals surface area contributed by atoms with Gasteiger partial charge >= 0.3 is 0 Å². The highest BCUT2D eigenvalue weighted by atomic mass is 32.2. The molecule has 1 aliphatic carbocycles. The Bertz CT molecular complexity index is 790. The van der Waals surface area contributed by atoms with E-state index in [4.69, 9.17) is 0 Å². The zero-order valence-electron chi connectivity index (χ0n) is 14.4. The second-order valence-electron chi connectivity index (χ2n) is 7.38. The van der Waals surface area contributed by atoms with E-state index < -0.39 is 10.0 Å². The van der Waals surface area contributed by atoms with Crippen LogP contribution in [0.4, 0.5) is 0 Å². The van der Waals surface area contributed by atoms with Gasteiger partial charge in [-0.05, 0) is 48.1 Å². The quantitative estimate of drug-likeness (QED) is 0.830. The molecule has 1 saturated carbocycles. The number of benzene rings is 1. The van der Waals surface area contributed by atoms with Crippen LogP contribution in [0.5, 0.6) is 0 Å². The number of pyridine rings is 1. The standard InChI is InChI=1S/C19H24N2O2S/c1-19(2,3)15-7-11-18(12-8-15)24(22,23)21(17-9-10-17)14-16-6-4-5-13-20-16/h4-8,11-13,17H,9-10,14H2,1-3H3. The molecule has 24 heavy (non-hydrogen) atoms. The molecule has 0 N–H and O–H groups in total. The first kappa shape index (κ1) is 17.1. The first-order chi connectivity index (χ1) is 11.3. The van der Waals surface area contributed by atoms with Crippen molar-refractivity contribution >= 4 is 10.0 Å². The van der Waals surface area contributed by atoms with E-state index in [0.717, 1.165) is 24.1 Å². The highest BCUT2D eigenvalue weighted by molar-refractivity contribution is 7.89. The SMILES string of the molecule is CC(C)(C)c1ccc(S(=O)(=O)N(Cc2ccccn2)C2CC2)cc1. The highest BCUT2D eigenvalue weighted by Gasteiger charge is 2.38. The van der Waals surface area contributed by atoms with Gasteiger partial charge < -0.3 is 0 Å². The van der Waals surface area contributed by atoms with Crippen molar-refractivity contribution in [1.29, 1.82) is 0 Å². The number of rotatable bonds is 5. The summed E-state index contributed by atoms with van der Waals surface area (Å²) in [5.41, 5.74) is 1.91. The summed E-state index contributed by atoms with van der Waals surface area (Å²) < 4.78 is 27.8. The van der Waals surface area contributed by atoms with Gasteiger partial charge in [0.25, 0.3) is 0 Å².